The summed E-state index contributed by atoms with van der Waals surface area (Å²) in [5.74, 6) is 1.70. The van der Waals surface area contributed by atoms with Crippen molar-refractivity contribution >= 4 is 22.7 Å². The summed E-state index contributed by atoms with van der Waals surface area (Å²) < 4.78 is 4.72. The van der Waals surface area contributed by atoms with Crippen LogP contribution in [0.1, 0.15) is 45.2 Å². The molecular weight excluding hydrogens is 294 g/mol. The molecule has 0 N–H and O–H groups in total. The van der Waals surface area contributed by atoms with E-state index < -0.39 is 0 Å². The lowest BCUT2D eigenvalue weighted by Gasteiger charge is -2.20. The molecule has 3 heteroatoms. The molecule has 0 spiro atoms. The van der Waals surface area contributed by atoms with Gasteiger partial charge in [-0.1, -0.05) is 44.2 Å². The zero-order valence-electron chi connectivity index (χ0n) is 15.6. The van der Waals surface area contributed by atoms with Gasteiger partial charge in [-0.05, 0) is 43.5 Å². The topological polar surface area (TPSA) is 12.1 Å². The number of hydrogen-bond acceptors (Lipinski definition) is 1. The van der Waals surface area contributed by atoms with Gasteiger partial charge in [-0.3, -0.25) is 0 Å². The lowest BCUT2D eigenvalue weighted by atomic mass is 10.0. The molecule has 0 unspecified atom stereocenters. The smallest absolute Gasteiger partial charge is 0.234 e. The van der Waals surface area contributed by atoms with Gasteiger partial charge in [-0.2, -0.15) is 0 Å². The molecule has 1 aromatic heterocycles. The van der Waals surface area contributed by atoms with Crippen molar-refractivity contribution in [2.24, 2.45) is 7.05 Å². The Morgan fingerprint density at radius 3 is 2.21 bits per heavy atom. The number of nitrogens with zero attached hydrogens (tertiary/aromatic N) is 3. The lowest BCUT2D eigenvalue weighted by Crippen LogP contribution is -2.36. The molecule has 0 bridgehead atoms. The van der Waals surface area contributed by atoms with Gasteiger partial charge in [-0.15, -0.1) is 0 Å². The van der Waals surface area contributed by atoms with E-state index in [1.54, 1.807) is 0 Å². The molecule has 2 aromatic carbocycles. The second kappa shape index (κ2) is 6.31. The van der Waals surface area contributed by atoms with Gasteiger partial charge in [0.25, 0.3) is 0 Å². The molecule has 3 nitrogen and oxygen atoms in total. The molecule has 126 valence electrons. The summed E-state index contributed by atoms with van der Waals surface area (Å²) in [6.07, 6.45) is 0. The van der Waals surface area contributed by atoms with Gasteiger partial charge in [0, 0.05) is 0 Å². The van der Waals surface area contributed by atoms with Crippen molar-refractivity contribution in [2.75, 3.05) is 11.9 Å². The molecule has 0 amide bonds. The van der Waals surface area contributed by atoms with Crippen molar-refractivity contribution in [3.63, 3.8) is 0 Å². The summed E-state index contributed by atoms with van der Waals surface area (Å²) in [7, 11) is 4.33. The van der Waals surface area contributed by atoms with Crippen LogP contribution in [0, 0.1) is 0 Å². The number of anilines is 2. The van der Waals surface area contributed by atoms with Crippen LogP contribution < -0.4 is 9.47 Å². The molecule has 0 aliphatic carbocycles. The third-order valence-electron chi connectivity index (χ3n) is 4.75. The quantitative estimate of drug-likeness (QED) is 0.620. The molecule has 0 aliphatic rings. The van der Waals surface area contributed by atoms with Crippen LogP contribution in [0.5, 0.6) is 0 Å². The minimum absolute atomic E-state index is 0.389. The van der Waals surface area contributed by atoms with Gasteiger partial charge in [0.2, 0.25) is 0 Å². The Balaban J connectivity index is 2.27. The Kier molecular flexibility index (Phi) is 4.35. The Hall–Kier alpha value is -2.29. The van der Waals surface area contributed by atoms with Gasteiger partial charge in [-0.25, -0.2) is 14.0 Å². The zero-order chi connectivity index (χ0) is 17.4. The van der Waals surface area contributed by atoms with Crippen molar-refractivity contribution in [2.45, 2.75) is 39.7 Å². The molecule has 3 aromatic rings. The van der Waals surface area contributed by atoms with Crippen LogP contribution in [0.4, 0.5) is 11.6 Å². The maximum Gasteiger partial charge on any atom is 0.365 e. The molecule has 24 heavy (non-hydrogen) atoms. The predicted octanol–water partition coefficient (Wildman–Crippen LogP) is 4.94. The van der Waals surface area contributed by atoms with E-state index in [2.05, 4.69) is 104 Å². The minimum atomic E-state index is 0.389. The van der Waals surface area contributed by atoms with Gasteiger partial charge in [0.05, 0.1) is 20.1 Å². The van der Waals surface area contributed by atoms with Crippen LogP contribution in [0.15, 0.2) is 48.5 Å². The highest BCUT2D eigenvalue weighted by molar-refractivity contribution is 5.76. The molecule has 0 fully saturated rings. The molecule has 0 aliphatic heterocycles. The average molecular weight is 322 g/mol. The number of rotatable bonds is 4. The van der Waals surface area contributed by atoms with E-state index in [4.69, 9.17) is 0 Å². The number of para-hydroxylation sites is 3. The third-order valence-corrected chi connectivity index (χ3v) is 4.75. The van der Waals surface area contributed by atoms with Crippen molar-refractivity contribution in [1.82, 2.24) is 4.57 Å². The van der Waals surface area contributed by atoms with Gasteiger partial charge in [0.15, 0.2) is 0 Å². The predicted molar refractivity (Wildman–Crippen MR) is 102 cm³/mol. The highest BCUT2D eigenvalue weighted by atomic mass is 15.3. The maximum atomic E-state index is 2.42. The summed E-state index contributed by atoms with van der Waals surface area (Å²) in [5.41, 5.74) is 5.18. The Bertz CT molecular complexity index is 859. The number of aryl methyl sites for hydroxylation is 1. The second-order valence-corrected chi connectivity index (χ2v) is 7.08. The van der Waals surface area contributed by atoms with Crippen LogP contribution in [0.25, 0.3) is 11.0 Å². The van der Waals surface area contributed by atoms with Crippen LogP contribution in [-0.2, 0) is 7.05 Å². The molecule has 0 radical (unpaired) electrons. The molecule has 0 atom stereocenters. The van der Waals surface area contributed by atoms with E-state index in [0.717, 1.165) is 0 Å². The first-order chi connectivity index (χ1) is 11.4. The van der Waals surface area contributed by atoms with Crippen molar-refractivity contribution in [3.05, 3.63) is 54.1 Å². The third kappa shape index (κ3) is 2.58. The summed E-state index contributed by atoms with van der Waals surface area (Å²) in [6.45, 7) is 9.01. The molecule has 3 rings (SSSR count). The van der Waals surface area contributed by atoms with E-state index in [0.29, 0.717) is 12.0 Å². The first-order valence-corrected chi connectivity index (χ1v) is 8.75. The summed E-state index contributed by atoms with van der Waals surface area (Å²) >= 11 is 0. The fourth-order valence-electron chi connectivity index (χ4n) is 3.61. The van der Waals surface area contributed by atoms with Crippen molar-refractivity contribution in [3.8, 4) is 0 Å². The summed E-state index contributed by atoms with van der Waals surface area (Å²) in [6, 6.07) is 17.7. The molecule has 0 saturated heterocycles. The van der Waals surface area contributed by atoms with E-state index >= 15 is 0 Å². The Morgan fingerprint density at radius 2 is 1.54 bits per heavy atom. The summed E-state index contributed by atoms with van der Waals surface area (Å²) in [4.78, 5) is 2.33. The monoisotopic (exact) mass is 322 g/mol. The molecule has 1 heterocycles. The van der Waals surface area contributed by atoms with Gasteiger partial charge >= 0.3 is 5.95 Å². The minimum Gasteiger partial charge on any atom is -0.234 e. The summed E-state index contributed by atoms with van der Waals surface area (Å²) in [5, 5.41) is 0. The van der Waals surface area contributed by atoms with Crippen molar-refractivity contribution in [1.29, 1.82) is 0 Å². The van der Waals surface area contributed by atoms with Crippen LogP contribution in [0.2, 0.25) is 0 Å². The van der Waals surface area contributed by atoms with E-state index in [1.807, 2.05) is 0 Å². The number of imidazole rings is 1. The normalized spacial score (nSPS) is 11.7. The standard InChI is InChI=1S/C21H28N3/c1-15(2)17-11-7-8-12-18(17)22(5)21-23(6)19-13-9-10-14-20(19)24(21)16(3)4/h7-16H,1-6H3/q+1. The largest absolute Gasteiger partial charge is 0.365 e. The van der Waals surface area contributed by atoms with Crippen molar-refractivity contribution < 1.29 is 4.57 Å². The van der Waals surface area contributed by atoms with Gasteiger partial charge < -0.3 is 0 Å². The number of hydrogen-bond donors (Lipinski definition) is 0. The fourth-order valence-corrected chi connectivity index (χ4v) is 3.61. The highest BCUT2D eigenvalue weighted by Crippen LogP contribution is 2.33. The molecular formula is C21H28N3+. The van der Waals surface area contributed by atoms with E-state index in [-0.39, 0.29) is 0 Å². The number of aromatic nitrogens is 2. The van der Waals surface area contributed by atoms with Gasteiger partial charge in [0.1, 0.15) is 16.7 Å². The number of benzene rings is 2. The first kappa shape index (κ1) is 16.6. The van der Waals surface area contributed by atoms with Crippen LogP contribution in [-0.4, -0.2) is 11.6 Å². The SMILES string of the molecule is CC(C)c1ccccc1N(C)c1n(C(C)C)c2ccccc2[n+]1C. The van der Waals surface area contributed by atoms with E-state index in [9.17, 15) is 0 Å². The number of fused-ring (bicyclic) bond motifs is 1. The van der Waals surface area contributed by atoms with Crippen LogP contribution >= 0.6 is 0 Å². The Labute approximate surface area is 145 Å². The zero-order valence-corrected chi connectivity index (χ0v) is 15.6. The first-order valence-electron chi connectivity index (χ1n) is 8.75. The Morgan fingerprint density at radius 1 is 0.917 bits per heavy atom. The molecule has 0 saturated carbocycles. The van der Waals surface area contributed by atoms with E-state index in [1.165, 1.54) is 28.2 Å². The highest BCUT2D eigenvalue weighted by Gasteiger charge is 2.29. The maximum absolute atomic E-state index is 2.42. The fraction of sp³-hybridized carbons (Fsp3) is 0.381. The van der Waals surface area contributed by atoms with Crippen LogP contribution in [0.3, 0.4) is 0 Å². The lowest BCUT2D eigenvalue weighted by molar-refractivity contribution is -0.632. The average Bonchev–Trinajstić information content (AvgIpc) is 2.87. The second-order valence-electron chi connectivity index (χ2n) is 7.08.